The monoisotopic (exact) mass is 348 g/mol. The van der Waals surface area contributed by atoms with E-state index in [1.165, 1.54) is 0 Å². The van der Waals surface area contributed by atoms with Crippen molar-refractivity contribution in [2.24, 2.45) is 7.05 Å². The van der Waals surface area contributed by atoms with Crippen LogP contribution in [0, 0.1) is 0 Å². The molecule has 1 aromatic heterocycles. The quantitative estimate of drug-likeness (QED) is 0.801. The molecule has 2 fully saturated rings. The molecule has 2 aliphatic rings. The number of ether oxygens (including phenoxy) is 1. The van der Waals surface area contributed by atoms with E-state index in [9.17, 15) is 9.59 Å². The van der Waals surface area contributed by atoms with E-state index in [1.54, 1.807) is 11.8 Å². The summed E-state index contributed by atoms with van der Waals surface area (Å²) in [6.07, 6.45) is 6.57. The number of rotatable bonds is 5. The molecule has 7 heteroatoms. The first-order chi connectivity index (χ1) is 12.0. The average molecular weight is 348 g/mol. The Labute approximate surface area is 148 Å². The number of methoxy groups -OCH3 is 1. The third kappa shape index (κ3) is 3.17. The van der Waals surface area contributed by atoms with E-state index in [4.69, 9.17) is 4.74 Å². The first-order valence-electron chi connectivity index (χ1n) is 9.07. The zero-order valence-corrected chi connectivity index (χ0v) is 15.4. The van der Waals surface area contributed by atoms with Crippen molar-refractivity contribution in [2.45, 2.75) is 44.1 Å². The van der Waals surface area contributed by atoms with E-state index in [2.05, 4.69) is 5.10 Å². The van der Waals surface area contributed by atoms with Crippen LogP contribution in [0.2, 0.25) is 0 Å². The second-order valence-electron chi connectivity index (χ2n) is 7.08. The van der Waals surface area contributed by atoms with Crippen LogP contribution in [0.25, 0.3) is 0 Å². The van der Waals surface area contributed by atoms with Gasteiger partial charge in [0.1, 0.15) is 0 Å². The summed E-state index contributed by atoms with van der Waals surface area (Å²) in [6, 6.07) is 0. The first-order valence-corrected chi connectivity index (χ1v) is 9.07. The lowest BCUT2D eigenvalue weighted by molar-refractivity contribution is -0.137. The number of hydrogen-bond acceptors (Lipinski definition) is 4. The van der Waals surface area contributed by atoms with Crippen molar-refractivity contribution in [3.05, 3.63) is 18.0 Å². The highest BCUT2D eigenvalue weighted by Crippen LogP contribution is 2.48. The summed E-state index contributed by atoms with van der Waals surface area (Å²) >= 11 is 0. The van der Waals surface area contributed by atoms with Crippen molar-refractivity contribution in [2.75, 3.05) is 33.4 Å². The van der Waals surface area contributed by atoms with E-state index >= 15 is 0 Å². The van der Waals surface area contributed by atoms with Gasteiger partial charge in [-0.05, 0) is 18.4 Å². The van der Waals surface area contributed by atoms with E-state index in [-0.39, 0.29) is 23.3 Å². The van der Waals surface area contributed by atoms with Gasteiger partial charge in [0.25, 0.3) is 0 Å². The van der Waals surface area contributed by atoms with Gasteiger partial charge < -0.3 is 14.5 Å². The standard InChI is InChI=1S/C18H28N4O3/c1-4-16(23)21-7-5-18(6-8-21)15(14-12-19-20(2)13-14)11-17(24)22(18)9-10-25-3/h12-13,15H,4-11H2,1-3H3/t15-/m0/s1. The topological polar surface area (TPSA) is 67.7 Å². The van der Waals surface area contributed by atoms with Crippen LogP contribution in [0.4, 0.5) is 0 Å². The number of aromatic nitrogens is 2. The van der Waals surface area contributed by atoms with Crippen molar-refractivity contribution >= 4 is 11.8 Å². The van der Waals surface area contributed by atoms with Crippen molar-refractivity contribution in [1.82, 2.24) is 19.6 Å². The van der Waals surface area contributed by atoms with Crippen LogP contribution in [-0.4, -0.2) is 70.3 Å². The maximum Gasteiger partial charge on any atom is 0.223 e. The van der Waals surface area contributed by atoms with Crippen LogP contribution in [-0.2, 0) is 21.4 Å². The summed E-state index contributed by atoms with van der Waals surface area (Å²) in [7, 11) is 3.56. The number of hydrogen-bond donors (Lipinski definition) is 0. The SMILES string of the molecule is CCC(=O)N1CCC2(CC1)[C@H](c1cnn(C)c1)CC(=O)N2CCOC. The van der Waals surface area contributed by atoms with Crippen molar-refractivity contribution in [3.63, 3.8) is 0 Å². The summed E-state index contributed by atoms with van der Waals surface area (Å²) in [5.41, 5.74) is 0.884. The predicted molar refractivity (Wildman–Crippen MR) is 93.0 cm³/mol. The molecule has 0 N–H and O–H groups in total. The molecular weight excluding hydrogens is 320 g/mol. The molecule has 1 aromatic rings. The Balaban J connectivity index is 1.88. The van der Waals surface area contributed by atoms with E-state index in [1.807, 2.05) is 36.2 Å². The fraction of sp³-hybridized carbons (Fsp3) is 0.722. The van der Waals surface area contributed by atoms with Crippen LogP contribution in [0.5, 0.6) is 0 Å². The molecule has 0 aliphatic carbocycles. The maximum absolute atomic E-state index is 12.8. The molecule has 3 rings (SSSR count). The Kier molecular flexibility index (Phi) is 5.13. The summed E-state index contributed by atoms with van der Waals surface area (Å²) in [5, 5.41) is 4.31. The molecule has 0 saturated carbocycles. The van der Waals surface area contributed by atoms with Crippen molar-refractivity contribution in [3.8, 4) is 0 Å². The molecule has 0 radical (unpaired) electrons. The van der Waals surface area contributed by atoms with Crippen LogP contribution in [0.1, 0.15) is 44.1 Å². The van der Waals surface area contributed by atoms with Gasteiger partial charge in [-0.15, -0.1) is 0 Å². The fourth-order valence-corrected chi connectivity index (χ4v) is 4.47. The predicted octanol–water partition coefficient (Wildman–Crippen LogP) is 1.15. The molecule has 2 saturated heterocycles. The highest BCUT2D eigenvalue weighted by Gasteiger charge is 2.54. The molecular formula is C18H28N4O3. The number of carbonyl (C=O) groups excluding carboxylic acids is 2. The van der Waals surface area contributed by atoms with E-state index in [0.29, 0.717) is 39.1 Å². The minimum absolute atomic E-state index is 0.129. The van der Waals surface area contributed by atoms with Crippen LogP contribution in [0.3, 0.4) is 0 Å². The molecule has 0 bridgehead atoms. The summed E-state index contributed by atoms with van der Waals surface area (Å²) in [5.74, 6) is 0.506. The van der Waals surface area contributed by atoms with Gasteiger partial charge in [-0.3, -0.25) is 14.3 Å². The fourth-order valence-electron chi connectivity index (χ4n) is 4.47. The van der Waals surface area contributed by atoms with Gasteiger partial charge in [-0.2, -0.15) is 5.10 Å². The molecule has 1 spiro atoms. The Bertz CT molecular complexity index is 634. The second kappa shape index (κ2) is 7.15. The van der Waals surface area contributed by atoms with Crippen LogP contribution < -0.4 is 0 Å². The number of amides is 2. The van der Waals surface area contributed by atoms with Gasteiger partial charge in [0, 0.05) is 58.7 Å². The minimum Gasteiger partial charge on any atom is -0.383 e. The van der Waals surface area contributed by atoms with Gasteiger partial charge >= 0.3 is 0 Å². The number of piperidine rings is 1. The van der Waals surface area contributed by atoms with Crippen LogP contribution in [0.15, 0.2) is 12.4 Å². The lowest BCUT2D eigenvalue weighted by Crippen LogP contribution is -2.56. The Morgan fingerprint density at radius 2 is 2.12 bits per heavy atom. The minimum atomic E-state index is -0.233. The highest BCUT2D eigenvalue weighted by atomic mass is 16.5. The average Bonchev–Trinajstić information content (AvgIpc) is 3.15. The van der Waals surface area contributed by atoms with Gasteiger partial charge in [-0.25, -0.2) is 0 Å². The molecule has 25 heavy (non-hydrogen) atoms. The third-order valence-electron chi connectivity index (χ3n) is 5.80. The van der Waals surface area contributed by atoms with Gasteiger partial charge in [-0.1, -0.05) is 6.92 Å². The summed E-state index contributed by atoms with van der Waals surface area (Å²) in [6.45, 7) is 4.45. The number of likely N-dealkylation sites (tertiary alicyclic amines) is 2. The van der Waals surface area contributed by atoms with Crippen molar-refractivity contribution in [1.29, 1.82) is 0 Å². The molecule has 0 unspecified atom stereocenters. The molecule has 7 nitrogen and oxygen atoms in total. The first kappa shape index (κ1) is 17.9. The van der Waals surface area contributed by atoms with E-state index in [0.717, 1.165) is 18.4 Å². The Hall–Kier alpha value is -1.89. The Morgan fingerprint density at radius 3 is 2.68 bits per heavy atom. The zero-order valence-electron chi connectivity index (χ0n) is 15.4. The lowest BCUT2D eigenvalue weighted by atomic mass is 9.74. The van der Waals surface area contributed by atoms with Gasteiger partial charge in [0.2, 0.25) is 11.8 Å². The van der Waals surface area contributed by atoms with Gasteiger partial charge in [0.15, 0.2) is 0 Å². The lowest BCUT2D eigenvalue weighted by Gasteiger charge is -2.47. The number of carbonyl (C=O) groups is 2. The highest BCUT2D eigenvalue weighted by molar-refractivity contribution is 5.82. The maximum atomic E-state index is 12.8. The smallest absolute Gasteiger partial charge is 0.223 e. The molecule has 0 aromatic carbocycles. The zero-order chi connectivity index (χ0) is 18.0. The molecule has 3 heterocycles. The molecule has 2 amide bonds. The molecule has 1 atom stereocenters. The number of aryl methyl sites for hydroxylation is 1. The third-order valence-corrected chi connectivity index (χ3v) is 5.80. The molecule has 138 valence electrons. The Morgan fingerprint density at radius 1 is 1.40 bits per heavy atom. The second-order valence-corrected chi connectivity index (χ2v) is 7.08. The van der Waals surface area contributed by atoms with Crippen LogP contribution >= 0.6 is 0 Å². The summed E-state index contributed by atoms with van der Waals surface area (Å²) < 4.78 is 7.03. The normalized spacial score (nSPS) is 22.8. The molecule has 2 aliphatic heterocycles. The summed E-state index contributed by atoms with van der Waals surface area (Å²) in [4.78, 5) is 28.8. The number of nitrogens with zero attached hydrogens (tertiary/aromatic N) is 4. The van der Waals surface area contributed by atoms with Gasteiger partial charge in [0.05, 0.1) is 18.3 Å². The van der Waals surface area contributed by atoms with Crippen molar-refractivity contribution < 1.29 is 14.3 Å². The largest absolute Gasteiger partial charge is 0.383 e. The van der Waals surface area contributed by atoms with E-state index < -0.39 is 0 Å².